The maximum atomic E-state index is 13.7. The van der Waals surface area contributed by atoms with Gasteiger partial charge in [-0.15, -0.1) is 0 Å². The van der Waals surface area contributed by atoms with E-state index in [2.05, 4.69) is 5.32 Å². The fourth-order valence-electron chi connectivity index (χ4n) is 3.77. The van der Waals surface area contributed by atoms with Crippen molar-refractivity contribution in [2.24, 2.45) is 0 Å². The zero-order valence-electron chi connectivity index (χ0n) is 21.4. The third kappa shape index (κ3) is 6.03. The van der Waals surface area contributed by atoms with E-state index in [4.69, 9.17) is 14.2 Å². The van der Waals surface area contributed by atoms with Crippen LogP contribution in [0.15, 0.2) is 65.6 Å². The first-order valence-electron chi connectivity index (χ1n) is 11.5. The monoisotopic (exact) mass is 526 g/mol. The van der Waals surface area contributed by atoms with Gasteiger partial charge in [0.2, 0.25) is 5.91 Å². The summed E-state index contributed by atoms with van der Waals surface area (Å²) in [5.41, 5.74) is 2.16. The number of nitrogens with zero attached hydrogens (tertiary/aromatic N) is 1. The molecule has 0 bridgehead atoms. The highest BCUT2D eigenvalue weighted by atomic mass is 32.2. The number of anilines is 2. The molecule has 3 rings (SSSR count). The van der Waals surface area contributed by atoms with Crippen molar-refractivity contribution < 1.29 is 32.2 Å². The Labute approximate surface area is 217 Å². The number of hydrogen-bond donors (Lipinski definition) is 1. The van der Waals surface area contributed by atoms with E-state index < -0.39 is 28.4 Å². The number of benzene rings is 3. The van der Waals surface area contributed by atoms with Gasteiger partial charge in [-0.25, -0.2) is 13.2 Å². The van der Waals surface area contributed by atoms with Crippen LogP contribution in [0, 0.1) is 6.92 Å². The molecule has 0 aliphatic carbocycles. The molecule has 3 aromatic rings. The van der Waals surface area contributed by atoms with Crippen molar-refractivity contribution in [2.75, 3.05) is 37.5 Å². The fourth-order valence-corrected chi connectivity index (χ4v) is 5.23. The molecule has 0 unspecified atom stereocenters. The molecule has 0 saturated carbocycles. The maximum absolute atomic E-state index is 13.7. The molecule has 0 aromatic heterocycles. The molecule has 196 valence electrons. The second-order valence-electron chi connectivity index (χ2n) is 8.10. The molecule has 1 N–H and O–H groups in total. The first kappa shape index (κ1) is 27.5. The summed E-state index contributed by atoms with van der Waals surface area (Å²) in [6.07, 6.45) is 0.555. The Balaban J connectivity index is 2.05. The predicted molar refractivity (Wildman–Crippen MR) is 141 cm³/mol. The van der Waals surface area contributed by atoms with Gasteiger partial charge in [0.1, 0.15) is 6.54 Å². The van der Waals surface area contributed by atoms with Crippen LogP contribution < -0.4 is 19.1 Å². The van der Waals surface area contributed by atoms with Gasteiger partial charge in [-0.05, 0) is 37.1 Å². The Morgan fingerprint density at radius 2 is 1.54 bits per heavy atom. The second-order valence-corrected chi connectivity index (χ2v) is 9.96. The fraction of sp³-hybridized carbons (Fsp3) is 0.259. The average Bonchev–Trinajstić information content (AvgIpc) is 2.91. The van der Waals surface area contributed by atoms with Crippen LogP contribution in [-0.4, -0.2) is 48.2 Å². The molecule has 0 atom stereocenters. The van der Waals surface area contributed by atoms with Crippen molar-refractivity contribution in [3.05, 3.63) is 77.4 Å². The Morgan fingerprint density at radius 1 is 0.919 bits per heavy atom. The van der Waals surface area contributed by atoms with Crippen LogP contribution in [0.2, 0.25) is 0 Å². The van der Waals surface area contributed by atoms with E-state index in [0.717, 1.165) is 15.4 Å². The first-order chi connectivity index (χ1) is 17.7. The minimum atomic E-state index is -4.11. The van der Waals surface area contributed by atoms with Gasteiger partial charge < -0.3 is 19.5 Å². The van der Waals surface area contributed by atoms with Gasteiger partial charge in [0, 0.05) is 12.1 Å². The van der Waals surface area contributed by atoms with E-state index in [1.807, 2.05) is 26.0 Å². The summed E-state index contributed by atoms with van der Waals surface area (Å²) < 4.78 is 43.9. The number of carbonyl (C=O) groups excluding carboxylic acids is 2. The number of sulfonamides is 1. The molecule has 0 aliphatic heterocycles. The molecule has 0 fully saturated rings. The van der Waals surface area contributed by atoms with E-state index in [9.17, 15) is 18.0 Å². The molecule has 1 amide bonds. The molecule has 0 heterocycles. The van der Waals surface area contributed by atoms with Crippen LogP contribution in [0.5, 0.6) is 11.5 Å². The molecule has 9 nitrogen and oxygen atoms in total. The Morgan fingerprint density at radius 3 is 2.14 bits per heavy atom. The van der Waals surface area contributed by atoms with Crippen molar-refractivity contribution in [1.82, 2.24) is 0 Å². The van der Waals surface area contributed by atoms with Gasteiger partial charge in [0.05, 0.1) is 43.2 Å². The minimum Gasteiger partial charge on any atom is -0.493 e. The summed E-state index contributed by atoms with van der Waals surface area (Å²) in [5, 5.41) is 2.64. The maximum Gasteiger partial charge on any atom is 0.340 e. The number of methoxy groups -OCH3 is 3. The lowest BCUT2D eigenvalue weighted by molar-refractivity contribution is -0.114. The smallest absolute Gasteiger partial charge is 0.340 e. The summed E-state index contributed by atoms with van der Waals surface area (Å²) in [6, 6.07) is 16.2. The Hall–Kier alpha value is -4.05. The average molecular weight is 527 g/mol. The van der Waals surface area contributed by atoms with Crippen LogP contribution in [0.4, 0.5) is 11.4 Å². The quantitative estimate of drug-likeness (QED) is 0.394. The number of rotatable bonds is 10. The normalized spacial score (nSPS) is 10.9. The van der Waals surface area contributed by atoms with Gasteiger partial charge >= 0.3 is 5.97 Å². The largest absolute Gasteiger partial charge is 0.493 e. The number of amides is 1. The van der Waals surface area contributed by atoms with E-state index in [0.29, 0.717) is 12.1 Å². The Bertz CT molecular complexity index is 1390. The van der Waals surface area contributed by atoms with Gasteiger partial charge in [-0.1, -0.05) is 42.8 Å². The van der Waals surface area contributed by atoms with Gasteiger partial charge in [0.15, 0.2) is 11.5 Å². The number of aryl methyl sites for hydroxylation is 2. The highest BCUT2D eigenvalue weighted by Crippen LogP contribution is 2.34. The molecule has 0 aliphatic rings. The molecule has 10 heteroatoms. The Kier molecular flexibility index (Phi) is 8.77. The van der Waals surface area contributed by atoms with Gasteiger partial charge in [0.25, 0.3) is 10.0 Å². The lowest BCUT2D eigenvalue weighted by Crippen LogP contribution is -2.39. The number of ether oxygens (including phenoxy) is 3. The standard InChI is InChI=1S/C27H30N2O7S/c1-6-19-9-7-8-10-23(19)29(37(32,33)20-13-11-18(2)12-14-20)17-26(30)28-22-16-25(35-4)24(34-3)15-21(22)27(31)36-5/h7-16H,6,17H2,1-5H3,(H,28,30). The van der Waals surface area contributed by atoms with Crippen LogP contribution in [-0.2, 0) is 26.0 Å². The third-order valence-electron chi connectivity index (χ3n) is 5.74. The molecule has 0 radical (unpaired) electrons. The summed E-state index contributed by atoms with van der Waals surface area (Å²) in [4.78, 5) is 25.8. The van der Waals surface area contributed by atoms with Crippen molar-refractivity contribution in [2.45, 2.75) is 25.2 Å². The molecule has 0 spiro atoms. The number of carbonyl (C=O) groups is 2. The highest BCUT2D eigenvalue weighted by molar-refractivity contribution is 7.92. The summed E-state index contributed by atoms with van der Waals surface area (Å²) in [6.45, 7) is 3.22. The lowest BCUT2D eigenvalue weighted by Gasteiger charge is -2.26. The van der Waals surface area contributed by atoms with Crippen molar-refractivity contribution in [1.29, 1.82) is 0 Å². The highest BCUT2D eigenvalue weighted by Gasteiger charge is 2.29. The van der Waals surface area contributed by atoms with E-state index in [1.165, 1.54) is 45.6 Å². The zero-order valence-corrected chi connectivity index (χ0v) is 22.2. The van der Waals surface area contributed by atoms with Gasteiger partial charge in [-0.3, -0.25) is 9.10 Å². The van der Waals surface area contributed by atoms with E-state index >= 15 is 0 Å². The van der Waals surface area contributed by atoms with Crippen molar-refractivity contribution in [3.8, 4) is 11.5 Å². The summed E-state index contributed by atoms with van der Waals surface area (Å²) in [5.74, 6) is -0.844. The molecular formula is C27H30N2O7S. The zero-order chi connectivity index (χ0) is 27.2. The van der Waals surface area contributed by atoms with Crippen LogP contribution in [0.1, 0.15) is 28.4 Å². The minimum absolute atomic E-state index is 0.0235. The number of hydrogen-bond acceptors (Lipinski definition) is 7. The summed E-state index contributed by atoms with van der Waals surface area (Å²) in [7, 11) is -0.0704. The molecule has 37 heavy (non-hydrogen) atoms. The van der Waals surface area contributed by atoms with Crippen molar-refractivity contribution >= 4 is 33.3 Å². The predicted octanol–water partition coefficient (Wildman–Crippen LogP) is 4.20. The number of esters is 1. The molecule has 0 saturated heterocycles. The van der Waals surface area contributed by atoms with E-state index in [-0.39, 0.29) is 27.6 Å². The van der Waals surface area contributed by atoms with E-state index in [1.54, 1.807) is 24.3 Å². The topological polar surface area (TPSA) is 111 Å². The SMILES string of the molecule is CCc1ccccc1N(CC(=O)Nc1cc(OC)c(OC)cc1C(=O)OC)S(=O)(=O)c1ccc(C)cc1. The lowest BCUT2D eigenvalue weighted by atomic mass is 10.1. The molecular weight excluding hydrogens is 496 g/mol. The molecule has 3 aromatic carbocycles. The van der Waals surface area contributed by atoms with Crippen LogP contribution in [0.25, 0.3) is 0 Å². The second kappa shape index (κ2) is 11.8. The van der Waals surface area contributed by atoms with Crippen molar-refractivity contribution in [3.63, 3.8) is 0 Å². The van der Waals surface area contributed by atoms with Gasteiger partial charge in [-0.2, -0.15) is 0 Å². The number of nitrogens with one attached hydrogen (secondary N) is 1. The number of para-hydroxylation sites is 1. The summed E-state index contributed by atoms with van der Waals surface area (Å²) >= 11 is 0. The van der Waals surface area contributed by atoms with Crippen LogP contribution >= 0.6 is 0 Å². The first-order valence-corrected chi connectivity index (χ1v) is 12.9. The third-order valence-corrected chi connectivity index (χ3v) is 7.51. The van der Waals surface area contributed by atoms with Crippen LogP contribution in [0.3, 0.4) is 0 Å².